The number of aliphatic imine (C=N–C) groups is 1. The molecule has 0 saturated heterocycles. The molecular formula is C20H22F3N7O2S. The molecule has 33 heavy (non-hydrogen) atoms. The van der Waals surface area contributed by atoms with E-state index in [2.05, 4.69) is 44.3 Å². The number of carbonyl (C=O) groups is 1. The van der Waals surface area contributed by atoms with Crippen LogP contribution in [0.3, 0.4) is 0 Å². The highest BCUT2D eigenvalue weighted by molar-refractivity contribution is 7.80. The zero-order valence-corrected chi connectivity index (χ0v) is 18.8. The molecule has 9 nitrogen and oxygen atoms in total. The molecule has 1 amide bonds. The third-order valence-corrected chi connectivity index (χ3v) is 5.05. The van der Waals surface area contributed by atoms with Crippen molar-refractivity contribution in [3.05, 3.63) is 46.9 Å². The van der Waals surface area contributed by atoms with Crippen molar-refractivity contribution >= 4 is 35.1 Å². The highest BCUT2D eigenvalue weighted by Crippen LogP contribution is 2.34. The van der Waals surface area contributed by atoms with Gasteiger partial charge in [0.2, 0.25) is 5.11 Å². The van der Waals surface area contributed by atoms with Crippen molar-refractivity contribution in [2.45, 2.75) is 39.2 Å². The number of halogens is 3. The second-order valence-corrected chi connectivity index (χ2v) is 7.86. The van der Waals surface area contributed by atoms with Crippen molar-refractivity contribution < 1.29 is 22.7 Å². The first-order valence-electron chi connectivity index (χ1n) is 9.82. The minimum absolute atomic E-state index is 0.0129. The van der Waals surface area contributed by atoms with Crippen LogP contribution in [0.4, 0.5) is 23.8 Å². The van der Waals surface area contributed by atoms with E-state index in [1.807, 2.05) is 6.07 Å². The zero-order chi connectivity index (χ0) is 24.3. The number of amides is 1. The van der Waals surface area contributed by atoms with Crippen LogP contribution < -0.4 is 21.1 Å². The monoisotopic (exact) mass is 481 g/mol. The topological polar surface area (TPSA) is 118 Å². The molecule has 13 heteroatoms. The van der Waals surface area contributed by atoms with Crippen molar-refractivity contribution in [2.24, 2.45) is 10.7 Å². The van der Waals surface area contributed by atoms with E-state index in [-0.39, 0.29) is 16.8 Å². The van der Waals surface area contributed by atoms with E-state index >= 15 is 0 Å². The van der Waals surface area contributed by atoms with E-state index in [0.717, 1.165) is 24.2 Å². The van der Waals surface area contributed by atoms with Crippen LogP contribution in [-0.4, -0.2) is 45.0 Å². The summed E-state index contributed by atoms with van der Waals surface area (Å²) < 4.78 is 43.9. The Kier molecular flexibility index (Phi) is 7.12. The third-order valence-electron chi connectivity index (χ3n) is 4.86. The molecule has 0 saturated carbocycles. The number of aromatic nitrogens is 2. The first-order chi connectivity index (χ1) is 15.5. The van der Waals surface area contributed by atoms with Gasteiger partial charge in [0.05, 0.1) is 5.56 Å². The number of alkyl halides is 3. The molecule has 0 bridgehead atoms. The maximum absolute atomic E-state index is 13.0. The van der Waals surface area contributed by atoms with Crippen LogP contribution in [0.15, 0.2) is 29.5 Å². The number of nitrogens with zero attached hydrogens (tertiary/aromatic N) is 4. The Labute approximate surface area is 193 Å². The van der Waals surface area contributed by atoms with E-state index in [4.69, 9.17) is 22.7 Å². The number of amidine groups is 1. The Morgan fingerprint density at radius 2 is 1.94 bits per heavy atom. The molecule has 0 radical (unpaired) electrons. The molecule has 1 aliphatic heterocycles. The lowest BCUT2D eigenvalue weighted by molar-refractivity contribution is -0.137. The molecule has 2 aromatic rings. The smallest absolute Gasteiger partial charge is 0.406 e. The van der Waals surface area contributed by atoms with Gasteiger partial charge in [-0.25, -0.2) is 14.8 Å². The second-order valence-electron chi connectivity index (χ2n) is 7.47. The lowest BCUT2D eigenvalue weighted by atomic mass is 10.1. The molecule has 2 aromatic heterocycles. The van der Waals surface area contributed by atoms with Crippen molar-refractivity contribution in [1.82, 2.24) is 20.2 Å². The van der Waals surface area contributed by atoms with Crippen molar-refractivity contribution in [3.63, 3.8) is 0 Å². The minimum Gasteiger partial charge on any atom is -0.406 e. The maximum Gasteiger partial charge on any atom is 0.418 e. The fourth-order valence-electron chi connectivity index (χ4n) is 3.03. The van der Waals surface area contributed by atoms with Crippen LogP contribution in [-0.2, 0) is 19.3 Å². The maximum atomic E-state index is 13.0. The van der Waals surface area contributed by atoms with Gasteiger partial charge in [-0.2, -0.15) is 13.2 Å². The van der Waals surface area contributed by atoms with Crippen molar-refractivity contribution in [2.75, 3.05) is 12.4 Å². The van der Waals surface area contributed by atoms with Crippen LogP contribution in [0.25, 0.3) is 0 Å². The average molecular weight is 482 g/mol. The fraction of sp³-hybridized carbons (Fsp3) is 0.350. The van der Waals surface area contributed by atoms with Gasteiger partial charge in [0.25, 0.3) is 0 Å². The quantitative estimate of drug-likeness (QED) is 0.347. The summed E-state index contributed by atoms with van der Waals surface area (Å²) in [6.45, 7) is 5.77. The normalized spacial score (nSPS) is 14.2. The molecule has 0 spiro atoms. The summed E-state index contributed by atoms with van der Waals surface area (Å²) in [7, 11) is 1.26. The lowest BCUT2D eigenvalue weighted by Crippen LogP contribution is -2.24. The van der Waals surface area contributed by atoms with Crippen LogP contribution in [0.5, 0.6) is 5.75 Å². The molecule has 0 aromatic carbocycles. The predicted molar refractivity (Wildman–Crippen MR) is 120 cm³/mol. The molecule has 0 atom stereocenters. The summed E-state index contributed by atoms with van der Waals surface area (Å²) in [4.78, 5) is 25.9. The van der Waals surface area contributed by atoms with E-state index in [0.29, 0.717) is 24.0 Å². The van der Waals surface area contributed by atoms with Crippen molar-refractivity contribution in [3.8, 4) is 5.75 Å². The van der Waals surface area contributed by atoms with Gasteiger partial charge in [-0.05, 0) is 49.3 Å². The van der Waals surface area contributed by atoms with Crippen molar-refractivity contribution in [1.29, 1.82) is 0 Å². The molecule has 0 unspecified atom stereocenters. The number of carbonyl (C=O) groups excluding carboxylic acids is 1. The third kappa shape index (κ3) is 5.93. The largest absolute Gasteiger partial charge is 0.418 e. The standard InChI is InChI=1S/C20H22F3N7O2S/c1-10(2)30-8-11-4-14(26-6-12(11)9-30)16(24)28-18(33)29-17-15(32-19(31)25-3)5-13(7-27-17)20(21,22)23/h4-7,10H,8-9H2,1-3H3,(H,25,31)(H3,24,27,28,29,33). The number of rotatable bonds is 4. The summed E-state index contributed by atoms with van der Waals surface area (Å²) in [6, 6.07) is 2.84. The number of ether oxygens (including phenoxy) is 1. The van der Waals surface area contributed by atoms with Gasteiger partial charge in [0.1, 0.15) is 5.69 Å². The molecule has 3 heterocycles. The summed E-state index contributed by atoms with van der Waals surface area (Å²) in [5.41, 5.74) is 7.53. The van der Waals surface area contributed by atoms with E-state index in [9.17, 15) is 18.0 Å². The Bertz CT molecular complexity index is 1110. The average Bonchev–Trinajstić information content (AvgIpc) is 3.17. The second kappa shape index (κ2) is 9.67. The number of nitrogens with one attached hydrogen (secondary N) is 2. The molecular weight excluding hydrogens is 459 g/mol. The number of pyridine rings is 2. The highest BCUT2D eigenvalue weighted by atomic mass is 32.1. The van der Waals surface area contributed by atoms with Gasteiger partial charge in [-0.1, -0.05) is 0 Å². The van der Waals surface area contributed by atoms with Gasteiger partial charge in [-0.15, -0.1) is 0 Å². The van der Waals surface area contributed by atoms with Gasteiger partial charge < -0.3 is 21.1 Å². The van der Waals surface area contributed by atoms with E-state index in [1.54, 1.807) is 6.20 Å². The molecule has 3 rings (SSSR count). The molecule has 176 valence electrons. The summed E-state index contributed by atoms with van der Waals surface area (Å²) >= 11 is 5.14. The van der Waals surface area contributed by atoms with Gasteiger partial charge in [0.15, 0.2) is 17.4 Å². The number of nitrogens with two attached hydrogens (primary N) is 1. The molecule has 1 aliphatic rings. The first-order valence-corrected chi connectivity index (χ1v) is 10.2. The molecule has 4 N–H and O–H groups in total. The van der Waals surface area contributed by atoms with Crippen LogP contribution in [0.1, 0.15) is 36.2 Å². The predicted octanol–water partition coefficient (Wildman–Crippen LogP) is 3.04. The fourth-order valence-corrected chi connectivity index (χ4v) is 3.23. The highest BCUT2D eigenvalue weighted by Gasteiger charge is 2.32. The van der Waals surface area contributed by atoms with Gasteiger partial charge in [-0.3, -0.25) is 9.88 Å². The summed E-state index contributed by atoms with van der Waals surface area (Å²) in [5.74, 6) is -0.702. The summed E-state index contributed by atoms with van der Waals surface area (Å²) in [6.07, 6.45) is -3.35. The number of hydrogen-bond acceptors (Lipinski definition) is 6. The first kappa shape index (κ1) is 24.3. The van der Waals surface area contributed by atoms with Crippen LogP contribution in [0.2, 0.25) is 0 Å². The Hall–Kier alpha value is -3.32. The number of hydrogen-bond donors (Lipinski definition) is 3. The Morgan fingerprint density at radius 1 is 1.24 bits per heavy atom. The van der Waals surface area contributed by atoms with Crippen LogP contribution in [0, 0.1) is 0 Å². The Balaban J connectivity index is 1.80. The number of fused-ring (bicyclic) bond motifs is 1. The van der Waals surface area contributed by atoms with Gasteiger partial charge >= 0.3 is 12.3 Å². The van der Waals surface area contributed by atoms with Crippen LogP contribution >= 0.6 is 12.2 Å². The van der Waals surface area contributed by atoms with E-state index < -0.39 is 23.6 Å². The Morgan fingerprint density at radius 3 is 2.58 bits per heavy atom. The SMILES string of the molecule is CNC(=O)Oc1cc(C(F)(F)F)cnc1NC(=S)N=C(N)c1cc2c(cn1)CN(C(C)C)C2. The molecule has 0 fully saturated rings. The van der Waals surface area contributed by atoms with E-state index in [1.165, 1.54) is 7.05 Å². The number of thiocarbonyl (C=S) groups is 1. The van der Waals surface area contributed by atoms with Gasteiger partial charge in [0, 0.05) is 38.6 Å². The zero-order valence-electron chi connectivity index (χ0n) is 18.0. The minimum atomic E-state index is -4.68. The molecule has 0 aliphatic carbocycles. The number of anilines is 1. The lowest BCUT2D eigenvalue weighted by Gasteiger charge is -2.18. The summed E-state index contributed by atoms with van der Waals surface area (Å²) in [5, 5.41) is 4.48.